The van der Waals surface area contributed by atoms with Gasteiger partial charge >= 0.3 is 0 Å². The van der Waals surface area contributed by atoms with Crippen molar-refractivity contribution in [2.75, 3.05) is 37.6 Å². The van der Waals surface area contributed by atoms with E-state index in [1.807, 2.05) is 39.8 Å². The van der Waals surface area contributed by atoms with Crippen molar-refractivity contribution in [3.8, 4) is 5.75 Å². The van der Waals surface area contributed by atoms with Gasteiger partial charge < -0.3 is 20.3 Å². The van der Waals surface area contributed by atoms with E-state index >= 15 is 0 Å². The van der Waals surface area contributed by atoms with Gasteiger partial charge in [-0.3, -0.25) is 15.0 Å². The Morgan fingerprint density at radius 3 is 2.46 bits per heavy atom. The lowest BCUT2D eigenvalue weighted by Crippen LogP contribution is -2.30. The molecule has 0 aromatic heterocycles. The number of nitrogens with one attached hydrogen (secondary N) is 3. The molecule has 1 amide bonds. The third kappa shape index (κ3) is 6.88. The van der Waals surface area contributed by atoms with Crippen LogP contribution in [0.15, 0.2) is 30.3 Å². The molecule has 0 fully saturated rings. The summed E-state index contributed by atoms with van der Waals surface area (Å²) in [4.78, 5) is 27.0. The number of hydrogen-bond donors (Lipinski definition) is 3. The Balaban J connectivity index is 1.84. The zero-order valence-electron chi connectivity index (χ0n) is 22.3. The molecule has 0 spiro atoms. The smallest absolute Gasteiger partial charge is 0.224 e. The molecular weight excluding hydrogens is 492 g/mol. The van der Waals surface area contributed by atoms with Crippen molar-refractivity contribution >= 4 is 33.1 Å². The van der Waals surface area contributed by atoms with Crippen LogP contribution < -0.4 is 15.4 Å². The predicted octanol–water partition coefficient (Wildman–Crippen LogP) is 3.11. The Bertz CT molecular complexity index is 1330. The molecule has 200 valence electrons. The first-order chi connectivity index (χ1) is 17.2. The first-order valence-electron chi connectivity index (χ1n) is 12.2. The van der Waals surface area contributed by atoms with Gasteiger partial charge in [0.05, 0.1) is 19.6 Å². The lowest BCUT2D eigenvalue weighted by molar-refractivity contribution is -0.119. The summed E-state index contributed by atoms with van der Waals surface area (Å²) in [6.07, 6.45) is 1.30. The fourth-order valence-electron chi connectivity index (χ4n) is 4.26. The van der Waals surface area contributed by atoms with Gasteiger partial charge in [0.1, 0.15) is 17.5 Å². The highest BCUT2D eigenvalue weighted by Crippen LogP contribution is 2.33. The Morgan fingerprint density at radius 2 is 1.86 bits per heavy atom. The Morgan fingerprint density at radius 1 is 1.16 bits per heavy atom. The van der Waals surface area contributed by atoms with E-state index in [1.165, 1.54) is 0 Å². The molecule has 0 saturated carbocycles. The van der Waals surface area contributed by atoms with E-state index in [9.17, 15) is 18.0 Å². The lowest BCUT2D eigenvalue weighted by Gasteiger charge is -2.25. The zero-order valence-corrected chi connectivity index (χ0v) is 23.1. The molecule has 1 aliphatic heterocycles. The number of carbonyl (C=O) groups is 2. The molecule has 3 rings (SSSR count). The average Bonchev–Trinajstić information content (AvgIpc) is 3.10. The van der Waals surface area contributed by atoms with Crippen LogP contribution in [0.1, 0.15) is 60.3 Å². The standard InChI is InChI=1S/C27H36N4O5S/c1-7-36-24-12-19-14-31(26(28)20(19)10-18(24)13-25(33)29-5)15-23(32)17-8-9-22(30-16-37(6,34)35)21(11-17)27(2,3)4/h8-12,28,30H,7,13-16H2,1-6H3,(H,29,33). The summed E-state index contributed by atoms with van der Waals surface area (Å²) in [5.41, 5.74) is 3.93. The quantitative estimate of drug-likeness (QED) is 0.404. The van der Waals surface area contributed by atoms with E-state index in [0.29, 0.717) is 41.3 Å². The van der Waals surface area contributed by atoms with Crippen molar-refractivity contribution in [3.05, 3.63) is 58.1 Å². The molecule has 37 heavy (non-hydrogen) atoms. The van der Waals surface area contributed by atoms with Gasteiger partial charge in [-0.05, 0) is 53.8 Å². The van der Waals surface area contributed by atoms with Crippen molar-refractivity contribution in [1.82, 2.24) is 10.2 Å². The zero-order chi connectivity index (χ0) is 27.5. The summed E-state index contributed by atoms with van der Waals surface area (Å²) in [5, 5.41) is 14.3. The molecule has 0 aliphatic carbocycles. The fraction of sp³-hybridized carbons (Fsp3) is 0.444. The monoisotopic (exact) mass is 528 g/mol. The van der Waals surface area contributed by atoms with Crippen molar-refractivity contribution in [1.29, 1.82) is 5.41 Å². The number of ether oxygens (including phenoxy) is 1. The van der Waals surface area contributed by atoms with E-state index in [-0.39, 0.29) is 41.8 Å². The van der Waals surface area contributed by atoms with E-state index in [2.05, 4.69) is 10.6 Å². The number of amidine groups is 1. The molecular formula is C27H36N4O5S. The minimum atomic E-state index is -3.22. The van der Waals surface area contributed by atoms with E-state index in [0.717, 1.165) is 17.4 Å². The number of sulfone groups is 1. The molecule has 1 aliphatic rings. The number of amides is 1. The maximum atomic E-state index is 13.3. The minimum absolute atomic E-state index is 0.0158. The van der Waals surface area contributed by atoms with Gasteiger partial charge in [-0.25, -0.2) is 8.42 Å². The molecule has 10 heteroatoms. The third-order valence-corrected chi connectivity index (χ3v) is 6.83. The van der Waals surface area contributed by atoms with Crippen LogP contribution in [0.3, 0.4) is 0 Å². The van der Waals surface area contributed by atoms with Crippen molar-refractivity contribution in [3.63, 3.8) is 0 Å². The van der Waals surface area contributed by atoms with Crippen LogP contribution in [0, 0.1) is 5.41 Å². The average molecular weight is 529 g/mol. The van der Waals surface area contributed by atoms with Gasteiger partial charge in [-0.1, -0.05) is 20.8 Å². The number of ketones is 1. The fourth-order valence-corrected chi connectivity index (χ4v) is 4.68. The minimum Gasteiger partial charge on any atom is -0.494 e. The van der Waals surface area contributed by atoms with Crippen LogP contribution in [0.5, 0.6) is 5.75 Å². The molecule has 9 nitrogen and oxygen atoms in total. The number of likely N-dealkylation sites (N-methyl/N-ethyl adjacent to an activating group) is 1. The lowest BCUT2D eigenvalue weighted by atomic mass is 9.84. The molecule has 0 radical (unpaired) electrons. The van der Waals surface area contributed by atoms with Crippen LogP contribution in [-0.2, 0) is 33.0 Å². The van der Waals surface area contributed by atoms with Crippen molar-refractivity contribution in [2.24, 2.45) is 0 Å². The summed E-state index contributed by atoms with van der Waals surface area (Å²) in [6.45, 7) is 8.73. The Kier molecular flexibility index (Phi) is 8.32. The number of carbonyl (C=O) groups excluding carboxylic acids is 2. The number of nitrogens with zero attached hydrogens (tertiary/aromatic N) is 1. The van der Waals surface area contributed by atoms with Gasteiger partial charge in [0, 0.05) is 42.2 Å². The topological polar surface area (TPSA) is 129 Å². The summed E-state index contributed by atoms with van der Waals surface area (Å²) in [5.74, 6) is 0.345. The van der Waals surface area contributed by atoms with Gasteiger partial charge in [-0.15, -0.1) is 0 Å². The maximum absolute atomic E-state index is 13.3. The highest BCUT2D eigenvalue weighted by atomic mass is 32.2. The molecule has 0 atom stereocenters. The first kappa shape index (κ1) is 28.2. The Labute approximate surface area is 219 Å². The largest absolute Gasteiger partial charge is 0.494 e. The molecule has 0 bridgehead atoms. The van der Waals surface area contributed by atoms with Crippen LogP contribution in [-0.4, -0.2) is 63.2 Å². The molecule has 1 heterocycles. The van der Waals surface area contributed by atoms with Crippen LogP contribution in [0.4, 0.5) is 5.69 Å². The van der Waals surface area contributed by atoms with Gasteiger partial charge in [0.15, 0.2) is 15.6 Å². The van der Waals surface area contributed by atoms with Crippen LogP contribution in [0.25, 0.3) is 0 Å². The highest BCUT2D eigenvalue weighted by Gasteiger charge is 2.29. The van der Waals surface area contributed by atoms with Gasteiger partial charge in [0.25, 0.3) is 0 Å². The normalized spacial score (nSPS) is 13.4. The second-order valence-electron chi connectivity index (χ2n) is 10.3. The number of fused-ring (bicyclic) bond motifs is 1. The highest BCUT2D eigenvalue weighted by molar-refractivity contribution is 7.90. The van der Waals surface area contributed by atoms with Crippen LogP contribution >= 0.6 is 0 Å². The molecule has 3 N–H and O–H groups in total. The Hall–Kier alpha value is -3.40. The molecule has 0 saturated heterocycles. The van der Waals surface area contributed by atoms with Gasteiger partial charge in [-0.2, -0.15) is 0 Å². The number of anilines is 1. The van der Waals surface area contributed by atoms with E-state index in [4.69, 9.17) is 10.1 Å². The third-order valence-electron chi connectivity index (χ3n) is 6.16. The van der Waals surface area contributed by atoms with E-state index in [1.54, 1.807) is 30.1 Å². The number of rotatable bonds is 10. The second kappa shape index (κ2) is 10.9. The number of benzene rings is 2. The molecule has 0 unspecified atom stereocenters. The summed E-state index contributed by atoms with van der Waals surface area (Å²) < 4.78 is 29.0. The van der Waals surface area contributed by atoms with Crippen molar-refractivity contribution < 1.29 is 22.7 Å². The van der Waals surface area contributed by atoms with Gasteiger partial charge in [0.2, 0.25) is 5.91 Å². The SMILES string of the molecule is CCOc1cc2c(cc1CC(=O)NC)C(=N)N(CC(=O)c1ccc(NCS(C)(=O)=O)c(C(C)(C)C)c1)C2. The summed E-state index contributed by atoms with van der Waals surface area (Å²) in [7, 11) is -1.64. The van der Waals surface area contributed by atoms with Crippen LogP contribution in [0.2, 0.25) is 0 Å². The summed E-state index contributed by atoms with van der Waals surface area (Å²) >= 11 is 0. The van der Waals surface area contributed by atoms with E-state index < -0.39 is 9.84 Å². The molecule has 2 aromatic rings. The molecule has 2 aromatic carbocycles. The predicted molar refractivity (Wildman–Crippen MR) is 145 cm³/mol. The number of Topliss-reactive ketones (excluding diaryl/α,β-unsaturated/α-hetero) is 1. The maximum Gasteiger partial charge on any atom is 0.224 e. The number of hydrogen-bond acceptors (Lipinski definition) is 7. The van der Waals surface area contributed by atoms with Crippen molar-refractivity contribution in [2.45, 2.75) is 46.1 Å². The first-order valence-corrected chi connectivity index (χ1v) is 14.2. The summed E-state index contributed by atoms with van der Waals surface area (Å²) in [6, 6.07) is 8.89. The second-order valence-corrected chi connectivity index (χ2v) is 12.4.